The minimum Gasteiger partial charge on any atom is -0.464 e. The largest absolute Gasteiger partial charge is 0.464 e. The summed E-state index contributed by atoms with van der Waals surface area (Å²) in [5, 5.41) is 6.50. The molecule has 4 aromatic heterocycles. The van der Waals surface area contributed by atoms with E-state index in [4.69, 9.17) is 28.9 Å². The van der Waals surface area contributed by atoms with Crippen LogP contribution in [0, 0.1) is 17.7 Å². The number of nitrogens with zero attached hydrogens (tertiary/aromatic N) is 5. The molecule has 4 fully saturated rings. The number of hydrogen-bond donors (Lipinski definition) is 4. The number of carbonyl (C=O) groups excluding carboxylic acids is 4. The van der Waals surface area contributed by atoms with Crippen LogP contribution >= 0.6 is 11.3 Å². The van der Waals surface area contributed by atoms with Crippen LogP contribution in [-0.2, 0) is 23.8 Å². The molecule has 1 aliphatic carbocycles. The van der Waals surface area contributed by atoms with E-state index in [0.717, 1.165) is 72.0 Å². The molecule has 3 saturated heterocycles. The zero-order valence-corrected chi connectivity index (χ0v) is 44.1. The standard InChI is InChI=1S/C56H66FN9O8S/c1-7-35-22-34(23-36(8-2)73-35)49(63-56(70)72-6)53(68)65-20-10-12-42(65)50-58-27-38(60-50)31-15-16-40-33(21-31)25-43-47-37(57)24-32(26-44(47)74-54(66(40)43)46-18-17-45(75-46)30-13-14-30)39-28-59-51(61-39)41-11-9-19-64(41)52(67)48(29(3)4)62-55(69)71-5/h15-18,21,24-30,34-36,41-42,48-49,54H,7-14,19-20,22-23H2,1-6H3,(H,58,60)(H,59,61)(H,62,69)(H,63,70)/t34?,35-,36+,41-,42-,48-,49-,54-/m0/s1. The smallest absolute Gasteiger partial charge is 0.407 e. The molecule has 2 aromatic carbocycles. The van der Waals surface area contributed by atoms with Crippen LogP contribution in [0.3, 0.4) is 0 Å². The Balaban J connectivity index is 0.888. The lowest BCUT2D eigenvalue weighted by atomic mass is 9.83. The first-order chi connectivity index (χ1) is 36.3. The molecule has 5 aliphatic rings. The summed E-state index contributed by atoms with van der Waals surface area (Å²) in [6, 6.07) is 13.7. The van der Waals surface area contributed by atoms with Crippen molar-refractivity contribution in [3.05, 3.63) is 88.1 Å². The minimum absolute atomic E-state index is 0.00622. The SMILES string of the molecule is CC[C@@H]1CC([C@H](NC(=O)OC)C(=O)N2CCC[C@H]2c2ncc(-c3ccc4c(c3)cc3n4[C@H](c4ccc(C5CC5)s4)Oc4cc(-c5cnc([C@@H]6CCCN6C(=O)[C@@H](NC(=O)OC)C(C)C)[nH]5)cc(F)c4-3)[nH]2)C[C@H](CC)O1. The van der Waals surface area contributed by atoms with Gasteiger partial charge >= 0.3 is 12.2 Å². The molecule has 1 unspecified atom stereocenters. The highest BCUT2D eigenvalue weighted by Crippen LogP contribution is 2.50. The number of ether oxygens (including phenoxy) is 4. The first kappa shape index (κ1) is 50.4. The molecule has 8 heterocycles. The number of carbonyl (C=O) groups is 4. The van der Waals surface area contributed by atoms with Crippen LogP contribution in [0.2, 0.25) is 0 Å². The van der Waals surface area contributed by atoms with Crippen LogP contribution in [-0.4, -0.2) is 110 Å². The molecule has 396 valence electrons. The Hall–Kier alpha value is -6.73. The van der Waals surface area contributed by atoms with Gasteiger partial charge in [-0.15, -0.1) is 11.3 Å². The van der Waals surface area contributed by atoms with Gasteiger partial charge in [-0.3, -0.25) is 14.2 Å². The van der Waals surface area contributed by atoms with Gasteiger partial charge in [-0.2, -0.15) is 0 Å². The lowest BCUT2D eigenvalue weighted by molar-refractivity contribution is -0.139. The van der Waals surface area contributed by atoms with E-state index in [9.17, 15) is 19.2 Å². The van der Waals surface area contributed by atoms with Crippen molar-refractivity contribution >= 4 is 46.2 Å². The average Bonchev–Trinajstić information content (AvgIpc) is 4.16. The summed E-state index contributed by atoms with van der Waals surface area (Å²) in [5.74, 6) is 1.11. The number of amides is 4. The average molecular weight is 1040 g/mol. The first-order valence-corrected chi connectivity index (χ1v) is 27.5. The van der Waals surface area contributed by atoms with Crippen LogP contribution in [0.4, 0.5) is 14.0 Å². The Morgan fingerprint density at radius 2 is 1.41 bits per heavy atom. The number of likely N-dealkylation sites (tertiary alicyclic amines) is 2. The Labute approximate surface area is 439 Å². The molecule has 6 aromatic rings. The van der Waals surface area contributed by atoms with Crippen molar-refractivity contribution in [3.8, 4) is 39.5 Å². The van der Waals surface area contributed by atoms with Crippen LogP contribution in [0.5, 0.6) is 5.75 Å². The maximum atomic E-state index is 17.0. The Morgan fingerprint density at radius 1 is 0.787 bits per heavy atom. The highest BCUT2D eigenvalue weighted by molar-refractivity contribution is 7.12. The molecule has 4 N–H and O–H groups in total. The number of methoxy groups -OCH3 is 2. The summed E-state index contributed by atoms with van der Waals surface area (Å²) in [7, 11) is 2.59. The van der Waals surface area contributed by atoms with Crippen LogP contribution in [0.25, 0.3) is 44.7 Å². The number of thiophene rings is 1. The third-order valence-electron chi connectivity index (χ3n) is 16.0. The predicted molar refractivity (Wildman–Crippen MR) is 280 cm³/mol. The second kappa shape index (κ2) is 20.8. The number of benzene rings is 2. The molecule has 4 aliphatic heterocycles. The first-order valence-electron chi connectivity index (χ1n) is 26.7. The van der Waals surface area contributed by atoms with Gasteiger partial charge in [0.05, 0.1) is 83.9 Å². The topological polar surface area (TPSA) is 198 Å². The van der Waals surface area contributed by atoms with Crippen LogP contribution in [0.15, 0.2) is 60.9 Å². The fraction of sp³-hybridized carbons (Fsp3) is 0.500. The molecule has 8 atom stereocenters. The highest BCUT2D eigenvalue weighted by Gasteiger charge is 2.44. The van der Waals surface area contributed by atoms with E-state index in [2.05, 4.69) is 57.2 Å². The normalized spacial score (nSPS) is 23.1. The molecule has 17 nitrogen and oxygen atoms in total. The molecule has 0 bridgehead atoms. The van der Waals surface area contributed by atoms with Crippen molar-refractivity contribution in [2.24, 2.45) is 11.8 Å². The number of nitrogens with one attached hydrogen (secondary N) is 4. The van der Waals surface area contributed by atoms with Crippen LogP contribution < -0.4 is 15.4 Å². The van der Waals surface area contributed by atoms with Gasteiger partial charge in [-0.25, -0.2) is 23.9 Å². The summed E-state index contributed by atoms with van der Waals surface area (Å²) in [4.78, 5) is 75.9. The zero-order valence-electron chi connectivity index (χ0n) is 43.3. The second-order valence-electron chi connectivity index (χ2n) is 21.1. The van der Waals surface area contributed by atoms with Gasteiger partial charge in [0.2, 0.25) is 18.0 Å². The molecule has 75 heavy (non-hydrogen) atoms. The number of aromatic amines is 2. The van der Waals surface area contributed by atoms with Gasteiger partial charge in [-0.1, -0.05) is 33.8 Å². The Morgan fingerprint density at radius 3 is 2.04 bits per heavy atom. The monoisotopic (exact) mass is 1040 g/mol. The van der Waals surface area contributed by atoms with Gasteiger partial charge in [0, 0.05) is 34.5 Å². The van der Waals surface area contributed by atoms with Gasteiger partial charge in [0.1, 0.15) is 35.3 Å². The fourth-order valence-corrected chi connectivity index (χ4v) is 13.1. The fourth-order valence-electron chi connectivity index (χ4n) is 11.9. The number of alkyl carbamates (subject to hydrolysis) is 2. The minimum atomic E-state index is -0.771. The maximum absolute atomic E-state index is 17.0. The van der Waals surface area contributed by atoms with Crippen molar-refractivity contribution in [1.29, 1.82) is 0 Å². The molecule has 1 saturated carbocycles. The molecule has 11 rings (SSSR count). The maximum Gasteiger partial charge on any atom is 0.407 e. The molecular formula is C56H66FN9O8S. The lowest BCUT2D eigenvalue weighted by Gasteiger charge is -2.39. The number of H-pyrrole nitrogens is 2. The second-order valence-corrected chi connectivity index (χ2v) is 22.3. The number of halogens is 1. The summed E-state index contributed by atoms with van der Waals surface area (Å²) in [6.07, 6.45) is 9.87. The number of hydrogen-bond acceptors (Lipinski definition) is 11. The van der Waals surface area contributed by atoms with E-state index in [0.29, 0.717) is 78.2 Å². The van der Waals surface area contributed by atoms with Gasteiger partial charge in [0.25, 0.3) is 0 Å². The Kier molecular flexibility index (Phi) is 14.0. The van der Waals surface area contributed by atoms with Crippen molar-refractivity contribution < 1.29 is 42.5 Å². The van der Waals surface area contributed by atoms with E-state index in [1.165, 1.54) is 25.2 Å². The van der Waals surface area contributed by atoms with E-state index in [-0.39, 0.29) is 47.9 Å². The quantitative estimate of drug-likeness (QED) is 0.0814. The number of imidazole rings is 2. The van der Waals surface area contributed by atoms with Crippen molar-refractivity contribution in [3.63, 3.8) is 0 Å². The van der Waals surface area contributed by atoms with E-state index >= 15 is 4.39 Å². The molecule has 4 amide bonds. The Bertz CT molecular complexity index is 3110. The summed E-state index contributed by atoms with van der Waals surface area (Å²) in [5.41, 5.74) is 4.70. The van der Waals surface area contributed by atoms with E-state index in [1.54, 1.807) is 28.6 Å². The predicted octanol–water partition coefficient (Wildman–Crippen LogP) is 10.5. The van der Waals surface area contributed by atoms with Gasteiger partial charge in [-0.05, 0) is 124 Å². The van der Waals surface area contributed by atoms with Gasteiger partial charge < -0.3 is 49.3 Å². The molecule has 0 radical (unpaired) electrons. The van der Waals surface area contributed by atoms with Crippen molar-refractivity contribution in [1.82, 2.24) is 44.9 Å². The number of fused-ring (bicyclic) bond motifs is 5. The number of rotatable bonds is 14. The van der Waals surface area contributed by atoms with Crippen molar-refractivity contribution in [2.75, 3.05) is 27.3 Å². The summed E-state index contributed by atoms with van der Waals surface area (Å²) < 4.78 is 42.2. The molecule has 19 heteroatoms. The highest BCUT2D eigenvalue weighted by atomic mass is 32.1. The van der Waals surface area contributed by atoms with E-state index in [1.807, 2.05) is 43.0 Å². The van der Waals surface area contributed by atoms with Crippen LogP contribution in [0.1, 0.15) is 138 Å². The van der Waals surface area contributed by atoms with Crippen molar-refractivity contribution in [2.45, 2.75) is 140 Å². The summed E-state index contributed by atoms with van der Waals surface area (Å²) >= 11 is 1.73. The molecule has 0 spiro atoms. The third kappa shape index (κ3) is 9.66. The van der Waals surface area contributed by atoms with E-state index < -0.39 is 36.3 Å². The lowest BCUT2D eigenvalue weighted by Crippen LogP contribution is -2.54. The molecular weight excluding hydrogens is 978 g/mol. The van der Waals surface area contributed by atoms with Gasteiger partial charge in [0.15, 0.2) is 0 Å². The zero-order chi connectivity index (χ0) is 52.2. The number of aromatic nitrogens is 5. The third-order valence-corrected chi connectivity index (χ3v) is 17.3. The summed E-state index contributed by atoms with van der Waals surface area (Å²) in [6.45, 7) is 8.97.